The minimum atomic E-state index is 0.331. The Morgan fingerprint density at radius 2 is 2.10 bits per heavy atom. The summed E-state index contributed by atoms with van der Waals surface area (Å²) >= 11 is 0. The zero-order valence-electron chi connectivity index (χ0n) is 5.88. The van der Waals surface area contributed by atoms with Gasteiger partial charge < -0.3 is 5.73 Å². The van der Waals surface area contributed by atoms with Gasteiger partial charge in [-0.2, -0.15) is 10.7 Å². The van der Waals surface area contributed by atoms with Crippen LogP contribution in [0.15, 0.2) is 5.10 Å². The summed E-state index contributed by atoms with van der Waals surface area (Å²) in [5, 5.41) is 11.9. The molecule has 0 aromatic rings. The van der Waals surface area contributed by atoms with Crippen LogP contribution in [0.3, 0.4) is 0 Å². The molecule has 0 amide bonds. The lowest BCUT2D eigenvalue weighted by atomic mass is 9.95. The van der Waals surface area contributed by atoms with E-state index in [1.54, 1.807) is 5.59 Å². The van der Waals surface area contributed by atoms with Crippen molar-refractivity contribution in [1.29, 1.82) is 0 Å². The smallest absolute Gasteiger partial charge is 0.0404 e. The minimum Gasteiger partial charge on any atom is -0.328 e. The van der Waals surface area contributed by atoms with Gasteiger partial charge in [-0.3, -0.25) is 5.21 Å². The monoisotopic (exact) mass is 143 g/mol. The fourth-order valence-corrected chi connectivity index (χ4v) is 1.16. The van der Waals surface area contributed by atoms with Crippen LogP contribution in [0.5, 0.6) is 0 Å². The third-order valence-corrected chi connectivity index (χ3v) is 1.82. The second-order valence-electron chi connectivity index (χ2n) is 2.62. The van der Waals surface area contributed by atoms with Crippen LogP contribution in [0.1, 0.15) is 25.7 Å². The van der Waals surface area contributed by atoms with Gasteiger partial charge in [0.2, 0.25) is 0 Å². The molecular weight excluding hydrogens is 130 g/mol. The van der Waals surface area contributed by atoms with E-state index in [-0.39, 0.29) is 0 Å². The van der Waals surface area contributed by atoms with Crippen LogP contribution in [0.4, 0.5) is 0 Å². The molecule has 0 spiro atoms. The Labute approximate surface area is 60.1 Å². The third-order valence-electron chi connectivity index (χ3n) is 1.82. The van der Waals surface area contributed by atoms with E-state index < -0.39 is 0 Å². The Morgan fingerprint density at radius 3 is 2.60 bits per heavy atom. The molecule has 0 atom stereocenters. The van der Waals surface area contributed by atoms with Gasteiger partial charge >= 0.3 is 0 Å². The molecule has 1 saturated carbocycles. The first kappa shape index (κ1) is 7.50. The molecule has 0 aliphatic heterocycles. The average molecular weight is 143 g/mol. The van der Waals surface area contributed by atoms with Crippen LogP contribution < -0.4 is 11.3 Å². The number of hydrogen-bond acceptors (Lipinski definition) is 4. The normalized spacial score (nSPS) is 26.2. The maximum Gasteiger partial charge on any atom is 0.0404 e. The van der Waals surface area contributed by atoms with Crippen molar-refractivity contribution in [3.8, 4) is 0 Å². The number of rotatable bonds is 1. The average Bonchev–Trinajstić information content (AvgIpc) is 1.95. The van der Waals surface area contributed by atoms with Crippen molar-refractivity contribution < 1.29 is 5.21 Å². The molecule has 0 heterocycles. The van der Waals surface area contributed by atoms with Gasteiger partial charge in [-0.05, 0) is 25.7 Å². The Morgan fingerprint density at radius 1 is 1.50 bits per heavy atom. The van der Waals surface area contributed by atoms with Crippen LogP contribution in [-0.4, -0.2) is 17.0 Å². The molecule has 0 radical (unpaired) electrons. The lowest BCUT2D eigenvalue weighted by Crippen LogP contribution is -2.27. The minimum absolute atomic E-state index is 0.331. The summed E-state index contributed by atoms with van der Waals surface area (Å²) < 4.78 is 0. The van der Waals surface area contributed by atoms with Crippen LogP contribution >= 0.6 is 0 Å². The fraction of sp³-hybridized carbons (Fsp3) is 0.833. The Hall–Kier alpha value is -0.610. The second kappa shape index (κ2) is 3.53. The van der Waals surface area contributed by atoms with Gasteiger partial charge in [0.05, 0.1) is 0 Å². The molecule has 0 aromatic carbocycles. The molecule has 1 rings (SSSR count). The highest BCUT2D eigenvalue weighted by Crippen LogP contribution is 2.13. The van der Waals surface area contributed by atoms with Gasteiger partial charge in [0.1, 0.15) is 0 Å². The van der Waals surface area contributed by atoms with E-state index >= 15 is 0 Å². The molecular formula is C6H13N3O. The number of nitrogens with one attached hydrogen (secondary N) is 1. The summed E-state index contributed by atoms with van der Waals surface area (Å²) in [6.07, 6.45) is 3.80. The van der Waals surface area contributed by atoms with E-state index in [1.807, 2.05) is 0 Å². The number of nitrogens with two attached hydrogens (primary N) is 1. The van der Waals surface area contributed by atoms with E-state index in [2.05, 4.69) is 5.10 Å². The van der Waals surface area contributed by atoms with Crippen LogP contribution in [-0.2, 0) is 0 Å². The third kappa shape index (κ3) is 1.97. The molecule has 4 nitrogen and oxygen atoms in total. The first-order chi connectivity index (χ1) is 4.83. The SMILES string of the molecule is NC1CCC(=NNO)CC1. The molecule has 1 fully saturated rings. The number of nitrogens with zero attached hydrogens (tertiary/aromatic N) is 1. The predicted octanol–water partition coefficient (Wildman–Crippen LogP) is 0.222. The van der Waals surface area contributed by atoms with Crippen LogP contribution in [0.2, 0.25) is 0 Å². The molecule has 0 saturated heterocycles. The topological polar surface area (TPSA) is 70.6 Å². The van der Waals surface area contributed by atoms with Crippen LogP contribution in [0, 0.1) is 0 Å². The summed E-state index contributed by atoms with van der Waals surface area (Å²) in [5.74, 6) is 0. The highest BCUT2D eigenvalue weighted by atomic mass is 16.5. The standard InChI is InChI=1S/C6H13N3O/c7-5-1-3-6(4-2-5)8-9-10/h5,9-10H,1-4,7H2. The summed E-state index contributed by atoms with van der Waals surface area (Å²) in [6.45, 7) is 0. The molecule has 1 aliphatic carbocycles. The zero-order valence-corrected chi connectivity index (χ0v) is 5.88. The van der Waals surface area contributed by atoms with E-state index in [4.69, 9.17) is 10.9 Å². The highest BCUT2D eigenvalue weighted by Gasteiger charge is 2.13. The van der Waals surface area contributed by atoms with Crippen molar-refractivity contribution in [2.45, 2.75) is 31.7 Å². The van der Waals surface area contributed by atoms with E-state index in [1.165, 1.54) is 0 Å². The maximum absolute atomic E-state index is 8.22. The first-order valence-corrected chi connectivity index (χ1v) is 3.53. The van der Waals surface area contributed by atoms with Crippen molar-refractivity contribution in [1.82, 2.24) is 5.59 Å². The summed E-state index contributed by atoms with van der Waals surface area (Å²) in [5.41, 5.74) is 8.47. The van der Waals surface area contributed by atoms with Crippen molar-refractivity contribution in [2.75, 3.05) is 0 Å². The van der Waals surface area contributed by atoms with Gasteiger partial charge in [0, 0.05) is 11.8 Å². The van der Waals surface area contributed by atoms with Crippen molar-refractivity contribution >= 4 is 5.71 Å². The molecule has 0 unspecified atom stereocenters. The number of hydrazone groups is 1. The van der Waals surface area contributed by atoms with Crippen molar-refractivity contribution in [3.05, 3.63) is 0 Å². The fourth-order valence-electron chi connectivity index (χ4n) is 1.16. The molecule has 4 heteroatoms. The van der Waals surface area contributed by atoms with Crippen LogP contribution in [0.25, 0.3) is 0 Å². The zero-order chi connectivity index (χ0) is 7.40. The Kier molecular flexibility index (Phi) is 2.65. The van der Waals surface area contributed by atoms with Gasteiger partial charge in [-0.15, -0.1) is 0 Å². The second-order valence-corrected chi connectivity index (χ2v) is 2.62. The lowest BCUT2D eigenvalue weighted by Gasteiger charge is -2.18. The van der Waals surface area contributed by atoms with E-state index in [0.717, 1.165) is 31.4 Å². The Balaban J connectivity index is 2.32. The quantitative estimate of drug-likeness (QED) is 0.460. The molecule has 10 heavy (non-hydrogen) atoms. The molecule has 0 aromatic heterocycles. The largest absolute Gasteiger partial charge is 0.328 e. The van der Waals surface area contributed by atoms with E-state index in [9.17, 15) is 0 Å². The summed E-state index contributed by atoms with van der Waals surface area (Å²) in [7, 11) is 0. The van der Waals surface area contributed by atoms with Gasteiger partial charge in [0.25, 0.3) is 0 Å². The molecule has 58 valence electrons. The molecule has 4 N–H and O–H groups in total. The maximum atomic E-state index is 8.22. The summed E-state index contributed by atoms with van der Waals surface area (Å²) in [6, 6.07) is 0.331. The molecule has 0 bridgehead atoms. The molecule has 1 aliphatic rings. The lowest BCUT2D eigenvalue weighted by molar-refractivity contribution is 0.171. The summed E-state index contributed by atoms with van der Waals surface area (Å²) in [4.78, 5) is 0. The van der Waals surface area contributed by atoms with Crippen molar-refractivity contribution in [3.63, 3.8) is 0 Å². The highest BCUT2D eigenvalue weighted by molar-refractivity contribution is 5.84. The number of hydrogen-bond donors (Lipinski definition) is 3. The van der Waals surface area contributed by atoms with Gasteiger partial charge in [-0.25, -0.2) is 0 Å². The predicted molar refractivity (Wildman–Crippen MR) is 38.8 cm³/mol. The van der Waals surface area contributed by atoms with Gasteiger partial charge in [0.15, 0.2) is 0 Å². The van der Waals surface area contributed by atoms with Crippen molar-refractivity contribution in [2.24, 2.45) is 10.8 Å². The van der Waals surface area contributed by atoms with E-state index in [0.29, 0.717) is 6.04 Å². The Bertz CT molecular complexity index is 125. The first-order valence-electron chi connectivity index (χ1n) is 3.53. The van der Waals surface area contributed by atoms with Gasteiger partial charge in [-0.1, -0.05) is 0 Å².